The number of para-hydroxylation sites is 1. The summed E-state index contributed by atoms with van der Waals surface area (Å²) in [7, 11) is -1.55. The van der Waals surface area contributed by atoms with Gasteiger partial charge in [0.1, 0.15) is 5.01 Å². The number of hydrogen-bond donors (Lipinski definition) is 0. The van der Waals surface area contributed by atoms with Crippen LogP contribution in [0.5, 0.6) is 0 Å². The van der Waals surface area contributed by atoms with Crippen LogP contribution < -0.4 is 0 Å². The van der Waals surface area contributed by atoms with Gasteiger partial charge in [-0.15, -0.1) is 11.3 Å². The second kappa shape index (κ2) is 7.55. The number of carbonyl (C=O) groups is 2. The third-order valence-electron chi connectivity index (χ3n) is 4.16. The summed E-state index contributed by atoms with van der Waals surface area (Å²) >= 11 is 1.45. The summed E-state index contributed by atoms with van der Waals surface area (Å²) in [5.41, 5.74) is 0.855. The molecular formula is C17H18N2O5S2. The maximum absolute atomic E-state index is 12.1. The van der Waals surface area contributed by atoms with Crippen molar-refractivity contribution < 1.29 is 22.7 Å². The molecule has 0 bridgehead atoms. The number of aromatic nitrogens is 1. The molecule has 0 spiro atoms. The van der Waals surface area contributed by atoms with Gasteiger partial charge in [0.05, 0.1) is 21.7 Å². The lowest BCUT2D eigenvalue weighted by Gasteiger charge is -2.22. The first-order chi connectivity index (χ1) is 12.3. The van der Waals surface area contributed by atoms with E-state index in [-0.39, 0.29) is 17.5 Å². The van der Waals surface area contributed by atoms with Gasteiger partial charge in [0.15, 0.2) is 16.4 Å². The first-order valence-corrected chi connectivity index (χ1v) is 10.6. The van der Waals surface area contributed by atoms with Crippen molar-refractivity contribution in [2.24, 2.45) is 0 Å². The predicted molar refractivity (Wildman–Crippen MR) is 99.4 cm³/mol. The Hall–Kier alpha value is -2.26. The summed E-state index contributed by atoms with van der Waals surface area (Å²) in [6, 6.07) is 7.28. The number of amides is 1. The summed E-state index contributed by atoms with van der Waals surface area (Å²) in [6.45, 7) is -0.421. The fraction of sp³-hybridized carbons (Fsp3) is 0.353. The molecule has 0 radical (unpaired) electrons. The average molecular weight is 394 g/mol. The highest BCUT2D eigenvalue weighted by atomic mass is 32.2. The minimum atomic E-state index is -3.07. The Morgan fingerprint density at radius 3 is 2.85 bits per heavy atom. The Morgan fingerprint density at radius 1 is 1.38 bits per heavy atom. The molecule has 0 saturated carbocycles. The van der Waals surface area contributed by atoms with Crippen molar-refractivity contribution in [2.75, 3.05) is 25.2 Å². The molecule has 7 nitrogen and oxygen atoms in total. The maximum Gasteiger partial charge on any atom is 0.331 e. The largest absolute Gasteiger partial charge is 0.452 e. The molecule has 1 fully saturated rings. The highest BCUT2D eigenvalue weighted by molar-refractivity contribution is 7.91. The third-order valence-corrected chi connectivity index (χ3v) is 6.91. The van der Waals surface area contributed by atoms with Gasteiger partial charge in [0.25, 0.3) is 5.91 Å². The van der Waals surface area contributed by atoms with Gasteiger partial charge >= 0.3 is 5.97 Å². The summed E-state index contributed by atoms with van der Waals surface area (Å²) in [5.74, 6) is -1.03. The van der Waals surface area contributed by atoms with Crippen molar-refractivity contribution in [3.8, 4) is 0 Å². The van der Waals surface area contributed by atoms with Gasteiger partial charge in [-0.1, -0.05) is 12.1 Å². The number of hydrogen-bond acceptors (Lipinski definition) is 7. The molecule has 1 saturated heterocycles. The molecule has 3 rings (SSSR count). The van der Waals surface area contributed by atoms with E-state index in [0.29, 0.717) is 11.4 Å². The fourth-order valence-corrected chi connectivity index (χ4v) is 5.31. The smallest absolute Gasteiger partial charge is 0.331 e. The molecule has 9 heteroatoms. The van der Waals surface area contributed by atoms with E-state index in [4.69, 9.17) is 4.74 Å². The SMILES string of the molecule is CN(C(=O)COC(=O)/C=C/c1nc2ccccc2s1)[C@H]1CCS(=O)(=O)C1. The molecule has 1 aliphatic rings. The molecule has 0 N–H and O–H groups in total. The van der Waals surface area contributed by atoms with Crippen LogP contribution in [0.4, 0.5) is 0 Å². The molecule has 26 heavy (non-hydrogen) atoms. The molecule has 0 aliphatic carbocycles. The summed E-state index contributed by atoms with van der Waals surface area (Å²) in [6.07, 6.45) is 3.19. The molecular weight excluding hydrogens is 376 g/mol. The zero-order valence-electron chi connectivity index (χ0n) is 14.1. The summed E-state index contributed by atoms with van der Waals surface area (Å²) in [4.78, 5) is 29.5. The van der Waals surface area contributed by atoms with E-state index < -0.39 is 28.3 Å². The Morgan fingerprint density at radius 2 is 2.15 bits per heavy atom. The van der Waals surface area contributed by atoms with E-state index in [1.807, 2.05) is 24.3 Å². The number of ether oxygens (including phenoxy) is 1. The van der Waals surface area contributed by atoms with Crippen molar-refractivity contribution in [1.29, 1.82) is 0 Å². The van der Waals surface area contributed by atoms with Crippen molar-refractivity contribution in [3.63, 3.8) is 0 Å². The topological polar surface area (TPSA) is 93.6 Å². The van der Waals surface area contributed by atoms with E-state index in [1.165, 1.54) is 29.4 Å². The minimum absolute atomic E-state index is 0.0410. The van der Waals surface area contributed by atoms with E-state index in [2.05, 4.69) is 4.98 Å². The molecule has 1 amide bonds. The van der Waals surface area contributed by atoms with Crippen LogP contribution >= 0.6 is 11.3 Å². The lowest BCUT2D eigenvalue weighted by Crippen LogP contribution is -2.40. The van der Waals surface area contributed by atoms with Gasteiger partial charge in [-0.2, -0.15) is 0 Å². The standard InChI is InChI=1S/C17H18N2O5S2/c1-19(12-8-9-26(22,23)11-12)16(20)10-24-17(21)7-6-15-18-13-4-2-3-5-14(13)25-15/h2-7,12H,8-11H2,1H3/b7-6+/t12-/m0/s1. The number of benzene rings is 1. The van der Waals surface area contributed by atoms with Gasteiger partial charge in [0.2, 0.25) is 0 Å². The Kier molecular flexibility index (Phi) is 5.38. The van der Waals surface area contributed by atoms with E-state index in [1.54, 1.807) is 6.08 Å². The number of likely N-dealkylation sites (N-methyl/N-ethyl adjacent to an activating group) is 1. The van der Waals surface area contributed by atoms with Crippen LogP contribution in [0.15, 0.2) is 30.3 Å². The van der Waals surface area contributed by atoms with E-state index >= 15 is 0 Å². The second-order valence-electron chi connectivity index (χ2n) is 6.02. The molecule has 1 atom stereocenters. The zero-order chi connectivity index (χ0) is 18.7. The van der Waals surface area contributed by atoms with Gasteiger partial charge in [-0.3, -0.25) is 4.79 Å². The van der Waals surface area contributed by atoms with Crippen LogP contribution in [0.1, 0.15) is 11.4 Å². The van der Waals surface area contributed by atoms with Crippen LogP contribution in [0.3, 0.4) is 0 Å². The van der Waals surface area contributed by atoms with Gasteiger partial charge in [-0.05, 0) is 24.6 Å². The molecule has 1 aromatic heterocycles. The van der Waals surface area contributed by atoms with Crippen LogP contribution in [-0.2, 0) is 24.2 Å². The number of fused-ring (bicyclic) bond motifs is 1. The number of sulfone groups is 1. The zero-order valence-corrected chi connectivity index (χ0v) is 15.8. The highest BCUT2D eigenvalue weighted by Crippen LogP contribution is 2.22. The van der Waals surface area contributed by atoms with Crippen molar-refractivity contribution in [3.05, 3.63) is 35.3 Å². The molecule has 0 unspecified atom stereocenters. The monoisotopic (exact) mass is 394 g/mol. The minimum Gasteiger partial charge on any atom is -0.452 e. The Bertz CT molecular complexity index is 931. The molecule has 2 aromatic rings. The van der Waals surface area contributed by atoms with Crippen LogP contribution in [0.2, 0.25) is 0 Å². The molecule has 2 heterocycles. The Balaban J connectivity index is 1.51. The summed E-state index contributed by atoms with van der Waals surface area (Å²) < 4.78 is 28.9. The molecule has 1 aliphatic heterocycles. The average Bonchev–Trinajstić information content (AvgIpc) is 3.19. The number of thiazole rings is 1. The Labute approximate surface area is 155 Å². The normalized spacial score (nSPS) is 19.0. The first-order valence-electron chi connectivity index (χ1n) is 8.00. The highest BCUT2D eigenvalue weighted by Gasteiger charge is 2.32. The predicted octanol–water partition coefficient (Wildman–Crippen LogP) is 1.50. The van der Waals surface area contributed by atoms with Crippen molar-refractivity contribution in [2.45, 2.75) is 12.5 Å². The van der Waals surface area contributed by atoms with E-state index in [9.17, 15) is 18.0 Å². The quantitative estimate of drug-likeness (QED) is 0.564. The van der Waals surface area contributed by atoms with E-state index in [0.717, 1.165) is 10.2 Å². The van der Waals surface area contributed by atoms with Gasteiger partial charge < -0.3 is 9.64 Å². The molecule has 1 aromatic carbocycles. The maximum atomic E-state index is 12.1. The number of esters is 1. The number of nitrogens with zero attached hydrogens (tertiary/aromatic N) is 2. The van der Waals surface area contributed by atoms with Crippen LogP contribution in [-0.4, -0.2) is 61.4 Å². The lowest BCUT2D eigenvalue weighted by atomic mass is 10.2. The van der Waals surface area contributed by atoms with Crippen molar-refractivity contribution >= 4 is 49.3 Å². The van der Waals surface area contributed by atoms with Crippen LogP contribution in [0, 0.1) is 0 Å². The lowest BCUT2D eigenvalue weighted by molar-refractivity contribution is -0.148. The van der Waals surface area contributed by atoms with Gasteiger partial charge in [-0.25, -0.2) is 18.2 Å². The number of rotatable bonds is 5. The molecule has 138 valence electrons. The van der Waals surface area contributed by atoms with Gasteiger partial charge in [0, 0.05) is 19.2 Å². The van der Waals surface area contributed by atoms with Crippen molar-refractivity contribution in [1.82, 2.24) is 9.88 Å². The number of carbonyl (C=O) groups excluding carboxylic acids is 2. The van der Waals surface area contributed by atoms with Crippen LogP contribution in [0.25, 0.3) is 16.3 Å². The fourth-order valence-electron chi connectivity index (χ4n) is 2.67. The third kappa shape index (κ3) is 4.47. The first kappa shape index (κ1) is 18.5. The summed E-state index contributed by atoms with van der Waals surface area (Å²) in [5, 5.41) is 0.669. The second-order valence-corrected chi connectivity index (χ2v) is 9.31.